The average Bonchev–Trinajstić information content (AvgIpc) is 2.87. The van der Waals surface area contributed by atoms with Gasteiger partial charge < -0.3 is 4.74 Å². The molecule has 0 aliphatic rings. The minimum absolute atomic E-state index is 0.0368. The summed E-state index contributed by atoms with van der Waals surface area (Å²) in [6.45, 7) is 6.11. The second-order valence-corrected chi connectivity index (χ2v) is 9.44. The molecule has 3 aromatic carbocycles. The molecular formula is C27H25BrN4O4. The Hall–Kier alpha value is -3.85. The van der Waals surface area contributed by atoms with Crippen molar-refractivity contribution in [2.45, 2.75) is 39.7 Å². The Morgan fingerprint density at radius 1 is 1.19 bits per heavy atom. The van der Waals surface area contributed by atoms with E-state index in [2.05, 4.69) is 21.0 Å². The number of nitrogens with zero attached hydrogens (tertiary/aromatic N) is 4. The van der Waals surface area contributed by atoms with Crippen LogP contribution in [0, 0.1) is 17.0 Å². The first kappa shape index (κ1) is 25.2. The molecular weight excluding hydrogens is 524 g/mol. The van der Waals surface area contributed by atoms with Crippen molar-refractivity contribution in [3.05, 3.63) is 108 Å². The van der Waals surface area contributed by atoms with E-state index >= 15 is 0 Å². The first-order valence-corrected chi connectivity index (χ1v) is 12.3. The van der Waals surface area contributed by atoms with E-state index in [4.69, 9.17) is 9.72 Å². The molecule has 8 nitrogen and oxygen atoms in total. The van der Waals surface area contributed by atoms with Gasteiger partial charge in [-0.05, 0) is 43.2 Å². The number of halogens is 1. The lowest BCUT2D eigenvalue weighted by Crippen LogP contribution is -2.23. The van der Waals surface area contributed by atoms with Gasteiger partial charge in [0.25, 0.3) is 5.56 Å². The monoisotopic (exact) mass is 548 g/mol. The maximum atomic E-state index is 13.4. The normalized spacial score (nSPS) is 12.2. The fourth-order valence-electron chi connectivity index (χ4n) is 3.68. The third kappa shape index (κ3) is 5.36. The van der Waals surface area contributed by atoms with Gasteiger partial charge in [-0.25, -0.2) is 4.98 Å². The van der Waals surface area contributed by atoms with Crippen LogP contribution in [0.25, 0.3) is 10.9 Å². The van der Waals surface area contributed by atoms with E-state index in [1.807, 2.05) is 51.1 Å². The van der Waals surface area contributed by atoms with Crippen molar-refractivity contribution in [3.63, 3.8) is 0 Å². The van der Waals surface area contributed by atoms with Gasteiger partial charge in [-0.3, -0.25) is 14.9 Å². The number of rotatable bonds is 8. The lowest BCUT2D eigenvalue weighted by atomic mass is 10.1. The highest BCUT2D eigenvalue weighted by atomic mass is 79.9. The van der Waals surface area contributed by atoms with E-state index in [1.54, 1.807) is 24.3 Å². The zero-order valence-corrected chi connectivity index (χ0v) is 21.7. The summed E-state index contributed by atoms with van der Waals surface area (Å²) in [6, 6.07) is 17.7. The average molecular weight is 549 g/mol. The smallest absolute Gasteiger partial charge is 0.311 e. The minimum Gasteiger partial charge on any atom is -0.481 e. The number of aryl methyl sites for hydroxylation is 1. The van der Waals surface area contributed by atoms with Crippen LogP contribution in [0.3, 0.4) is 0 Å². The molecule has 0 bridgehead atoms. The van der Waals surface area contributed by atoms with Crippen molar-refractivity contribution in [1.82, 2.24) is 9.66 Å². The maximum absolute atomic E-state index is 13.4. The first-order chi connectivity index (χ1) is 17.3. The predicted molar refractivity (Wildman–Crippen MR) is 144 cm³/mol. The molecule has 0 unspecified atom stereocenters. The molecule has 0 spiro atoms. The third-order valence-corrected chi connectivity index (χ3v) is 6.42. The molecule has 0 saturated heterocycles. The molecule has 0 fully saturated rings. The molecule has 9 heteroatoms. The molecule has 1 aromatic heterocycles. The van der Waals surface area contributed by atoms with Gasteiger partial charge in [0.15, 0.2) is 0 Å². The Kier molecular flexibility index (Phi) is 7.59. The van der Waals surface area contributed by atoms with Crippen molar-refractivity contribution < 1.29 is 9.66 Å². The van der Waals surface area contributed by atoms with Crippen LogP contribution >= 0.6 is 15.9 Å². The molecule has 1 heterocycles. The van der Waals surface area contributed by atoms with Crippen molar-refractivity contribution in [2.24, 2.45) is 5.10 Å². The van der Waals surface area contributed by atoms with E-state index in [1.165, 1.54) is 17.0 Å². The number of fused-ring (bicyclic) bond motifs is 1. The fraction of sp³-hybridized carbons (Fsp3) is 0.222. The summed E-state index contributed by atoms with van der Waals surface area (Å²) in [5.41, 5.74) is 2.45. The zero-order chi connectivity index (χ0) is 25.8. The van der Waals surface area contributed by atoms with E-state index in [9.17, 15) is 14.9 Å². The summed E-state index contributed by atoms with van der Waals surface area (Å²) in [6.07, 6.45) is 2.17. The SMILES string of the molecule is CC[C@@H](C)c1nc2ccc(Br)cc2c(=O)n1N=Cc1cccc([N+](=O)[O-])c1OCc1ccc(C)cc1. The van der Waals surface area contributed by atoms with Gasteiger partial charge in [0.1, 0.15) is 12.4 Å². The number of ether oxygens (including phenoxy) is 1. The Morgan fingerprint density at radius 2 is 1.94 bits per heavy atom. The van der Waals surface area contributed by atoms with Crippen LogP contribution in [0.2, 0.25) is 0 Å². The summed E-state index contributed by atoms with van der Waals surface area (Å²) in [7, 11) is 0. The summed E-state index contributed by atoms with van der Waals surface area (Å²) in [4.78, 5) is 29.3. The van der Waals surface area contributed by atoms with E-state index < -0.39 is 4.92 Å². The fourth-order valence-corrected chi connectivity index (χ4v) is 4.04. The van der Waals surface area contributed by atoms with E-state index in [0.29, 0.717) is 22.3 Å². The van der Waals surface area contributed by atoms with Crippen LogP contribution in [-0.2, 0) is 6.61 Å². The Labute approximate surface area is 216 Å². The third-order valence-electron chi connectivity index (χ3n) is 5.92. The van der Waals surface area contributed by atoms with Gasteiger partial charge in [-0.15, -0.1) is 0 Å². The minimum atomic E-state index is -0.492. The number of nitro groups is 1. The van der Waals surface area contributed by atoms with Crippen LogP contribution in [0.15, 0.2) is 75.0 Å². The maximum Gasteiger partial charge on any atom is 0.311 e. The predicted octanol–water partition coefficient (Wildman–Crippen LogP) is 6.35. The quantitative estimate of drug-likeness (QED) is 0.145. The second-order valence-electron chi connectivity index (χ2n) is 8.53. The number of hydrogen-bond acceptors (Lipinski definition) is 6. The standard InChI is InChI=1S/C27H25BrN4O4/c1-4-18(3)26-30-23-13-12-21(28)14-22(23)27(33)31(26)29-15-20-6-5-7-24(32(34)35)25(20)36-16-19-10-8-17(2)9-11-19/h5-15,18H,4,16H2,1-3H3/t18-/m1/s1. The lowest BCUT2D eigenvalue weighted by molar-refractivity contribution is -0.385. The summed E-state index contributed by atoms with van der Waals surface area (Å²) in [5, 5.41) is 16.6. The first-order valence-electron chi connectivity index (χ1n) is 11.5. The number of aromatic nitrogens is 2. The largest absolute Gasteiger partial charge is 0.481 e. The molecule has 4 rings (SSSR count). The summed E-state index contributed by atoms with van der Waals surface area (Å²) >= 11 is 3.40. The number of benzene rings is 3. The van der Waals surface area contributed by atoms with Gasteiger partial charge in [0.2, 0.25) is 5.75 Å². The summed E-state index contributed by atoms with van der Waals surface area (Å²) in [5.74, 6) is 0.563. The molecule has 1 atom stereocenters. The highest BCUT2D eigenvalue weighted by Crippen LogP contribution is 2.31. The second kappa shape index (κ2) is 10.8. The van der Waals surface area contributed by atoms with Crippen LogP contribution in [0.4, 0.5) is 5.69 Å². The van der Waals surface area contributed by atoms with Gasteiger partial charge in [-0.1, -0.05) is 65.7 Å². The number of para-hydroxylation sites is 1. The lowest BCUT2D eigenvalue weighted by Gasteiger charge is -2.14. The van der Waals surface area contributed by atoms with Gasteiger partial charge >= 0.3 is 5.69 Å². The van der Waals surface area contributed by atoms with E-state index in [0.717, 1.165) is 22.0 Å². The van der Waals surface area contributed by atoms with Gasteiger partial charge in [-0.2, -0.15) is 9.78 Å². The van der Waals surface area contributed by atoms with Crippen molar-refractivity contribution in [1.29, 1.82) is 0 Å². The highest BCUT2D eigenvalue weighted by Gasteiger charge is 2.20. The topological polar surface area (TPSA) is 99.6 Å². The Balaban J connectivity index is 1.79. The van der Waals surface area contributed by atoms with Crippen molar-refractivity contribution in [2.75, 3.05) is 0 Å². The summed E-state index contributed by atoms with van der Waals surface area (Å²) < 4.78 is 7.94. The molecule has 4 aromatic rings. The Bertz CT molecular complexity index is 1510. The molecule has 0 N–H and O–H groups in total. The molecule has 0 aliphatic carbocycles. The van der Waals surface area contributed by atoms with Crippen LogP contribution in [0.5, 0.6) is 5.75 Å². The van der Waals surface area contributed by atoms with Crippen molar-refractivity contribution >= 4 is 38.7 Å². The number of nitro benzene ring substituents is 1. The zero-order valence-electron chi connectivity index (χ0n) is 20.1. The Morgan fingerprint density at radius 3 is 2.64 bits per heavy atom. The van der Waals surface area contributed by atoms with Crippen LogP contribution in [0.1, 0.15) is 48.7 Å². The molecule has 0 saturated carbocycles. The van der Waals surface area contributed by atoms with Crippen LogP contribution in [-0.4, -0.2) is 20.8 Å². The molecule has 0 radical (unpaired) electrons. The van der Waals surface area contributed by atoms with Crippen molar-refractivity contribution in [3.8, 4) is 5.75 Å². The molecule has 184 valence electrons. The number of hydrogen-bond donors (Lipinski definition) is 0. The molecule has 0 amide bonds. The molecule has 0 aliphatic heterocycles. The highest BCUT2D eigenvalue weighted by molar-refractivity contribution is 9.10. The van der Waals surface area contributed by atoms with Gasteiger partial charge in [0.05, 0.1) is 22.0 Å². The van der Waals surface area contributed by atoms with E-state index in [-0.39, 0.29) is 29.5 Å². The van der Waals surface area contributed by atoms with Crippen LogP contribution < -0.4 is 10.3 Å². The van der Waals surface area contributed by atoms with Gasteiger partial charge in [0, 0.05) is 22.0 Å². The molecule has 36 heavy (non-hydrogen) atoms.